The maximum absolute atomic E-state index is 14.2. The lowest BCUT2D eigenvalue weighted by Crippen LogP contribution is -2.63. The van der Waals surface area contributed by atoms with Gasteiger partial charge in [-0.1, -0.05) is 11.6 Å². The van der Waals surface area contributed by atoms with Crippen molar-refractivity contribution in [3.63, 3.8) is 0 Å². The molecule has 5 unspecified atom stereocenters. The van der Waals surface area contributed by atoms with Crippen molar-refractivity contribution in [2.24, 2.45) is 0 Å². The molecule has 0 bridgehead atoms. The minimum atomic E-state index is -1.77. The number of benzene rings is 2. The van der Waals surface area contributed by atoms with Gasteiger partial charge >= 0.3 is 0 Å². The number of allylic oxidation sites excluding steroid dienone is 2. The topological polar surface area (TPSA) is 218 Å². The molecule has 14 nitrogen and oxygen atoms in total. The second kappa shape index (κ2) is 13.8. The second-order valence-corrected chi connectivity index (χ2v) is 12.0. The molecule has 2 saturated heterocycles. The van der Waals surface area contributed by atoms with E-state index in [0.29, 0.717) is 11.3 Å². The summed E-state index contributed by atoms with van der Waals surface area (Å²) in [7, 11) is 1.48. The Morgan fingerprint density at radius 3 is 2.09 bits per heavy atom. The first-order valence-electron chi connectivity index (χ1n) is 15.1. The molecular formula is C33H40O14. The number of aliphatic hydroxyl groups is 5. The van der Waals surface area contributed by atoms with Gasteiger partial charge in [-0.25, -0.2) is 0 Å². The third kappa shape index (κ3) is 6.68. The minimum absolute atomic E-state index is 0.0929. The van der Waals surface area contributed by atoms with Crippen LogP contribution < -0.4 is 14.9 Å². The van der Waals surface area contributed by atoms with Gasteiger partial charge in [-0.05, 0) is 58.4 Å². The summed E-state index contributed by atoms with van der Waals surface area (Å²) in [5, 5.41) is 74.0. The van der Waals surface area contributed by atoms with Gasteiger partial charge in [-0.2, -0.15) is 0 Å². The Morgan fingerprint density at radius 1 is 0.851 bits per heavy atom. The summed E-state index contributed by atoms with van der Waals surface area (Å²) in [6.07, 6.45) is -13.0. The Morgan fingerprint density at radius 2 is 1.47 bits per heavy atom. The number of hydrogen-bond donors (Lipinski definition) is 7. The van der Waals surface area contributed by atoms with E-state index in [1.807, 2.05) is 19.9 Å². The molecule has 5 rings (SSSR count). The first-order valence-corrected chi connectivity index (χ1v) is 15.1. The van der Waals surface area contributed by atoms with Crippen LogP contribution in [-0.4, -0.2) is 104 Å². The standard InChI is InChI=1S/C33H40O14/c1-13(2)6-11-18-19(34)12-20(35)21-24(38)30(28(45-29(18)21)16-7-9-17(42-5)10-8-16)46-33-31(26(40)23(37)15(4)44-33)47-32-27(41)25(39)22(36)14(3)43-32/h6-10,12,14-15,22-23,25-27,31-37,39-41H,11H2,1-5H3/t14?,15-,22?,23-,25?,26+,27?,31+,32?,33-/m0/s1. The molecule has 0 spiro atoms. The van der Waals surface area contributed by atoms with E-state index in [-0.39, 0.29) is 34.5 Å². The van der Waals surface area contributed by atoms with Crippen LogP contribution in [0, 0.1) is 0 Å². The lowest BCUT2D eigenvalue weighted by Gasteiger charge is -2.45. The molecule has 1 aromatic heterocycles. The van der Waals surface area contributed by atoms with Crippen LogP contribution >= 0.6 is 0 Å². The summed E-state index contributed by atoms with van der Waals surface area (Å²) in [4.78, 5) is 14.2. The molecule has 0 aliphatic carbocycles. The summed E-state index contributed by atoms with van der Waals surface area (Å²) in [5.74, 6) is -0.987. The number of ether oxygens (including phenoxy) is 5. The van der Waals surface area contributed by atoms with E-state index in [1.54, 1.807) is 24.3 Å². The van der Waals surface area contributed by atoms with Crippen molar-refractivity contribution >= 4 is 11.0 Å². The third-order valence-corrected chi connectivity index (χ3v) is 8.37. The SMILES string of the molecule is COc1ccc(-c2oc3c(CC=C(C)C)c(O)cc(O)c3c(=O)c2O[C@@H]2O[C@@H](C)[C@H](O)[C@@H](O)[C@H]2OC2OC(C)C(O)C(O)C2O)cc1. The lowest BCUT2D eigenvalue weighted by molar-refractivity contribution is -0.352. The van der Waals surface area contributed by atoms with Crippen LogP contribution in [0.5, 0.6) is 23.0 Å². The predicted octanol–water partition coefficient (Wildman–Crippen LogP) is 1.45. The van der Waals surface area contributed by atoms with E-state index in [0.717, 1.165) is 11.6 Å². The molecule has 10 atom stereocenters. The lowest BCUT2D eigenvalue weighted by atomic mass is 9.98. The van der Waals surface area contributed by atoms with Crippen LogP contribution in [0.25, 0.3) is 22.3 Å². The highest BCUT2D eigenvalue weighted by atomic mass is 16.8. The van der Waals surface area contributed by atoms with Crippen molar-refractivity contribution in [3.8, 4) is 34.3 Å². The highest BCUT2D eigenvalue weighted by Crippen LogP contribution is 2.41. The smallest absolute Gasteiger partial charge is 0.239 e. The van der Waals surface area contributed by atoms with Crippen LogP contribution in [0.15, 0.2) is 51.2 Å². The van der Waals surface area contributed by atoms with Crippen molar-refractivity contribution in [1.82, 2.24) is 0 Å². The molecule has 2 aliphatic heterocycles. The maximum atomic E-state index is 14.2. The number of aromatic hydroxyl groups is 2. The fraction of sp³-hybridized carbons (Fsp3) is 0.485. The Bertz CT molecular complexity index is 1660. The van der Waals surface area contributed by atoms with Crippen LogP contribution in [0.1, 0.15) is 33.3 Å². The van der Waals surface area contributed by atoms with Crippen LogP contribution in [0.4, 0.5) is 0 Å². The molecule has 3 aromatic rings. The van der Waals surface area contributed by atoms with Crippen molar-refractivity contribution in [2.75, 3.05) is 7.11 Å². The van der Waals surface area contributed by atoms with Crippen LogP contribution in [-0.2, 0) is 20.6 Å². The maximum Gasteiger partial charge on any atom is 0.239 e. The fourth-order valence-electron chi connectivity index (χ4n) is 5.55. The van der Waals surface area contributed by atoms with Gasteiger partial charge in [0.1, 0.15) is 58.7 Å². The van der Waals surface area contributed by atoms with E-state index in [2.05, 4.69) is 0 Å². The Kier molecular flexibility index (Phi) is 10.1. The highest BCUT2D eigenvalue weighted by molar-refractivity contribution is 5.91. The largest absolute Gasteiger partial charge is 0.507 e. The van der Waals surface area contributed by atoms with E-state index < -0.39 is 78.3 Å². The molecule has 47 heavy (non-hydrogen) atoms. The number of methoxy groups -OCH3 is 1. The van der Waals surface area contributed by atoms with Gasteiger partial charge in [0, 0.05) is 17.2 Å². The number of phenols is 2. The summed E-state index contributed by atoms with van der Waals surface area (Å²) in [6, 6.07) is 7.43. The van der Waals surface area contributed by atoms with Gasteiger partial charge in [0.05, 0.1) is 19.3 Å². The average molecular weight is 661 g/mol. The zero-order valence-corrected chi connectivity index (χ0v) is 26.4. The first-order chi connectivity index (χ1) is 22.2. The summed E-state index contributed by atoms with van der Waals surface area (Å²) < 4.78 is 34.9. The van der Waals surface area contributed by atoms with Gasteiger partial charge < -0.3 is 63.8 Å². The molecule has 7 N–H and O–H groups in total. The Labute approximate surface area is 269 Å². The Balaban J connectivity index is 1.65. The molecule has 2 aromatic carbocycles. The number of phenolic OH excluding ortho intramolecular Hbond substituents is 2. The van der Waals surface area contributed by atoms with E-state index in [4.69, 9.17) is 28.1 Å². The molecule has 2 fully saturated rings. The van der Waals surface area contributed by atoms with Crippen molar-refractivity contribution in [3.05, 3.63) is 57.8 Å². The zero-order chi connectivity index (χ0) is 34.3. The third-order valence-electron chi connectivity index (χ3n) is 8.37. The highest BCUT2D eigenvalue weighted by Gasteiger charge is 2.50. The molecule has 0 amide bonds. The minimum Gasteiger partial charge on any atom is -0.507 e. The number of hydrogen-bond acceptors (Lipinski definition) is 14. The summed E-state index contributed by atoms with van der Waals surface area (Å²) in [5.41, 5.74) is 0.546. The quantitative estimate of drug-likeness (QED) is 0.170. The first kappa shape index (κ1) is 34.6. The monoisotopic (exact) mass is 660 g/mol. The number of rotatable bonds is 8. The second-order valence-electron chi connectivity index (χ2n) is 12.0. The molecule has 3 heterocycles. The number of aliphatic hydroxyl groups excluding tert-OH is 5. The fourth-order valence-corrected chi connectivity index (χ4v) is 5.55. The van der Waals surface area contributed by atoms with Crippen LogP contribution in [0.2, 0.25) is 0 Å². The van der Waals surface area contributed by atoms with Gasteiger partial charge in [-0.3, -0.25) is 4.79 Å². The van der Waals surface area contributed by atoms with Crippen molar-refractivity contribution in [1.29, 1.82) is 0 Å². The van der Waals surface area contributed by atoms with Crippen LogP contribution in [0.3, 0.4) is 0 Å². The van der Waals surface area contributed by atoms with Gasteiger partial charge in [0.25, 0.3) is 0 Å². The summed E-state index contributed by atoms with van der Waals surface area (Å²) >= 11 is 0. The molecule has 2 aliphatic rings. The van der Waals surface area contributed by atoms with Gasteiger partial charge in [-0.15, -0.1) is 0 Å². The van der Waals surface area contributed by atoms with Crippen molar-refractivity contribution < 1.29 is 63.8 Å². The molecule has 0 saturated carbocycles. The predicted molar refractivity (Wildman–Crippen MR) is 165 cm³/mol. The van der Waals surface area contributed by atoms with Gasteiger partial charge in [0.15, 0.2) is 18.2 Å². The van der Waals surface area contributed by atoms with Gasteiger partial charge in [0.2, 0.25) is 17.5 Å². The van der Waals surface area contributed by atoms with Crippen molar-refractivity contribution in [2.45, 2.75) is 95.5 Å². The normalized spacial score (nSPS) is 31.0. The number of fused-ring (bicyclic) bond motifs is 1. The Hall–Kier alpha value is -3.73. The molecule has 256 valence electrons. The molecular weight excluding hydrogens is 620 g/mol. The zero-order valence-electron chi connectivity index (χ0n) is 26.4. The molecule has 0 radical (unpaired) electrons. The average Bonchev–Trinajstić information content (AvgIpc) is 3.03. The summed E-state index contributed by atoms with van der Waals surface area (Å²) in [6.45, 7) is 6.61. The molecule has 14 heteroatoms. The van der Waals surface area contributed by atoms with E-state index in [9.17, 15) is 40.5 Å². The van der Waals surface area contributed by atoms with E-state index in [1.165, 1.54) is 21.0 Å². The van der Waals surface area contributed by atoms with E-state index >= 15 is 0 Å².